The monoisotopic (exact) mass is 270 g/mol. The molecule has 108 valence electrons. The van der Waals surface area contributed by atoms with Gasteiger partial charge in [0.05, 0.1) is 5.54 Å². The zero-order valence-electron chi connectivity index (χ0n) is 12.5. The van der Waals surface area contributed by atoms with Crippen LogP contribution in [0.3, 0.4) is 0 Å². The average molecular weight is 270 g/mol. The highest BCUT2D eigenvalue weighted by Crippen LogP contribution is 2.27. The van der Waals surface area contributed by atoms with Crippen LogP contribution in [0.5, 0.6) is 0 Å². The third-order valence-corrected chi connectivity index (χ3v) is 4.83. The maximum Gasteiger partial charge on any atom is 0.0535 e. The summed E-state index contributed by atoms with van der Waals surface area (Å²) in [5.41, 5.74) is 1.50. The Morgan fingerprint density at radius 3 is 2.80 bits per heavy atom. The van der Waals surface area contributed by atoms with E-state index in [0.717, 1.165) is 19.1 Å². The minimum absolute atomic E-state index is 0.0823. The molecule has 0 spiro atoms. The fourth-order valence-electron chi connectivity index (χ4n) is 3.61. The van der Waals surface area contributed by atoms with Crippen LogP contribution in [-0.4, -0.2) is 30.6 Å². The van der Waals surface area contributed by atoms with Crippen LogP contribution < -0.4 is 5.32 Å². The van der Waals surface area contributed by atoms with Crippen LogP contribution in [0.15, 0.2) is 42.5 Å². The van der Waals surface area contributed by atoms with E-state index in [2.05, 4.69) is 59.6 Å². The quantitative estimate of drug-likeness (QED) is 0.830. The molecule has 2 nitrogen and oxygen atoms in total. The molecule has 0 bridgehead atoms. The number of hydrogen-bond donors (Lipinski definition) is 1. The molecule has 1 aromatic rings. The molecule has 2 unspecified atom stereocenters. The van der Waals surface area contributed by atoms with Crippen molar-refractivity contribution >= 4 is 0 Å². The van der Waals surface area contributed by atoms with Crippen molar-refractivity contribution in [3.05, 3.63) is 48.0 Å². The molecule has 0 radical (unpaired) electrons. The second kappa shape index (κ2) is 6.11. The third-order valence-electron chi connectivity index (χ3n) is 4.83. The molecular weight excluding hydrogens is 244 g/mol. The second-order valence-electron chi connectivity index (χ2n) is 6.39. The lowest BCUT2D eigenvalue weighted by Gasteiger charge is -2.38. The van der Waals surface area contributed by atoms with Crippen LogP contribution in [0, 0.1) is 0 Å². The minimum atomic E-state index is 0.0823. The summed E-state index contributed by atoms with van der Waals surface area (Å²) in [7, 11) is 0. The molecule has 2 aliphatic rings. The van der Waals surface area contributed by atoms with Crippen molar-refractivity contribution in [3.8, 4) is 0 Å². The Kier molecular flexibility index (Phi) is 4.23. The Balaban J connectivity index is 1.79. The first kappa shape index (κ1) is 13.8. The van der Waals surface area contributed by atoms with E-state index in [1.54, 1.807) is 0 Å². The number of rotatable bonds is 2. The molecule has 3 rings (SSSR count). The highest BCUT2D eigenvalue weighted by Gasteiger charge is 2.33. The lowest BCUT2D eigenvalue weighted by molar-refractivity contribution is 0.153. The molecule has 1 aromatic carbocycles. The van der Waals surface area contributed by atoms with Crippen molar-refractivity contribution in [2.75, 3.05) is 19.6 Å². The number of nitrogens with one attached hydrogen (secondary N) is 1. The van der Waals surface area contributed by atoms with E-state index in [0.29, 0.717) is 0 Å². The largest absolute Gasteiger partial charge is 0.307 e. The van der Waals surface area contributed by atoms with Crippen LogP contribution in [0.25, 0.3) is 0 Å². The Morgan fingerprint density at radius 2 is 2.05 bits per heavy atom. The van der Waals surface area contributed by atoms with Crippen molar-refractivity contribution in [1.82, 2.24) is 10.2 Å². The summed E-state index contributed by atoms with van der Waals surface area (Å²) in [5, 5.41) is 3.78. The van der Waals surface area contributed by atoms with Crippen LogP contribution >= 0.6 is 0 Å². The van der Waals surface area contributed by atoms with E-state index in [1.165, 1.54) is 37.8 Å². The number of allylic oxidation sites excluding steroid dienone is 1. The number of hydrogen-bond acceptors (Lipinski definition) is 2. The lowest BCUT2D eigenvalue weighted by Crippen LogP contribution is -2.49. The first-order chi connectivity index (χ1) is 9.78. The maximum atomic E-state index is 3.78. The van der Waals surface area contributed by atoms with Gasteiger partial charge in [-0.3, -0.25) is 4.90 Å². The molecule has 20 heavy (non-hydrogen) atoms. The highest BCUT2D eigenvalue weighted by molar-refractivity contribution is 5.24. The van der Waals surface area contributed by atoms with Crippen molar-refractivity contribution in [1.29, 1.82) is 0 Å². The first-order valence-electron chi connectivity index (χ1n) is 7.97. The normalized spacial score (nSPS) is 31.9. The van der Waals surface area contributed by atoms with Gasteiger partial charge in [-0.05, 0) is 51.3 Å². The summed E-state index contributed by atoms with van der Waals surface area (Å²) < 4.78 is 0. The van der Waals surface area contributed by atoms with Gasteiger partial charge in [0.25, 0.3) is 0 Å². The van der Waals surface area contributed by atoms with Crippen molar-refractivity contribution in [3.63, 3.8) is 0 Å². The Hall–Kier alpha value is -1.12. The SMILES string of the molecule is CC1(c2ccccc2)CN(C2CC=CCC2)CCCN1. The van der Waals surface area contributed by atoms with Gasteiger partial charge in [-0.2, -0.15) is 0 Å². The molecule has 0 saturated carbocycles. The molecule has 1 heterocycles. The molecular formula is C18H26N2. The fourth-order valence-corrected chi connectivity index (χ4v) is 3.61. The van der Waals surface area contributed by atoms with E-state index in [-0.39, 0.29) is 5.54 Å². The van der Waals surface area contributed by atoms with E-state index >= 15 is 0 Å². The van der Waals surface area contributed by atoms with E-state index in [9.17, 15) is 0 Å². The number of benzene rings is 1. The smallest absolute Gasteiger partial charge is 0.0535 e. The summed E-state index contributed by atoms with van der Waals surface area (Å²) in [4.78, 5) is 2.72. The predicted octanol–water partition coefficient (Wildman–Crippen LogP) is 3.31. The molecule has 1 aliphatic heterocycles. The van der Waals surface area contributed by atoms with Crippen LogP contribution in [-0.2, 0) is 5.54 Å². The minimum Gasteiger partial charge on any atom is -0.307 e. The number of nitrogens with zero attached hydrogens (tertiary/aromatic N) is 1. The summed E-state index contributed by atoms with van der Waals surface area (Å²) in [6.45, 7) is 5.83. The van der Waals surface area contributed by atoms with Gasteiger partial charge >= 0.3 is 0 Å². The molecule has 0 aromatic heterocycles. The van der Waals surface area contributed by atoms with Gasteiger partial charge < -0.3 is 5.32 Å². The zero-order valence-corrected chi connectivity index (χ0v) is 12.5. The topological polar surface area (TPSA) is 15.3 Å². The highest BCUT2D eigenvalue weighted by atomic mass is 15.2. The first-order valence-corrected chi connectivity index (χ1v) is 7.97. The standard InChI is InChI=1S/C18H26N2/c1-18(16-9-4-2-5-10-16)15-20(14-8-13-19-18)17-11-6-3-7-12-17/h2-6,9-10,17,19H,7-8,11-15H2,1H3. The van der Waals surface area contributed by atoms with Crippen LogP contribution in [0.4, 0.5) is 0 Å². The molecule has 1 fully saturated rings. The van der Waals surface area contributed by atoms with Crippen LogP contribution in [0.2, 0.25) is 0 Å². The van der Waals surface area contributed by atoms with Crippen molar-refractivity contribution in [2.24, 2.45) is 0 Å². The van der Waals surface area contributed by atoms with Crippen molar-refractivity contribution < 1.29 is 0 Å². The van der Waals surface area contributed by atoms with Gasteiger partial charge in [-0.1, -0.05) is 42.5 Å². The van der Waals surface area contributed by atoms with Crippen LogP contribution in [0.1, 0.15) is 38.2 Å². The molecule has 1 aliphatic carbocycles. The van der Waals surface area contributed by atoms with Gasteiger partial charge in [0, 0.05) is 12.6 Å². The third kappa shape index (κ3) is 2.97. The van der Waals surface area contributed by atoms with E-state index < -0.39 is 0 Å². The Morgan fingerprint density at radius 1 is 1.20 bits per heavy atom. The van der Waals surface area contributed by atoms with Gasteiger partial charge in [0.15, 0.2) is 0 Å². The van der Waals surface area contributed by atoms with Gasteiger partial charge in [0.1, 0.15) is 0 Å². The van der Waals surface area contributed by atoms with Crippen molar-refractivity contribution in [2.45, 2.75) is 44.2 Å². The summed E-state index contributed by atoms with van der Waals surface area (Å²) in [5.74, 6) is 0. The summed E-state index contributed by atoms with van der Waals surface area (Å²) >= 11 is 0. The molecule has 1 saturated heterocycles. The zero-order chi connectivity index (χ0) is 13.8. The molecule has 2 atom stereocenters. The second-order valence-corrected chi connectivity index (χ2v) is 6.39. The molecule has 0 amide bonds. The Labute approximate surface area is 122 Å². The lowest BCUT2D eigenvalue weighted by atomic mass is 9.90. The maximum absolute atomic E-state index is 3.78. The fraction of sp³-hybridized carbons (Fsp3) is 0.556. The van der Waals surface area contributed by atoms with Gasteiger partial charge in [0.2, 0.25) is 0 Å². The Bertz CT molecular complexity index is 454. The molecule has 1 N–H and O–H groups in total. The average Bonchev–Trinajstić information content (AvgIpc) is 2.72. The van der Waals surface area contributed by atoms with Gasteiger partial charge in [-0.25, -0.2) is 0 Å². The van der Waals surface area contributed by atoms with E-state index in [1.807, 2.05) is 0 Å². The predicted molar refractivity (Wildman–Crippen MR) is 84.8 cm³/mol. The summed E-state index contributed by atoms with van der Waals surface area (Å²) in [6.07, 6.45) is 9.75. The molecule has 2 heteroatoms. The summed E-state index contributed by atoms with van der Waals surface area (Å²) in [6, 6.07) is 11.7. The van der Waals surface area contributed by atoms with Gasteiger partial charge in [-0.15, -0.1) is 0 Å². The van der Waals surface area contributed by atoms with E-state index in [4.69, 9.17) is 0 Å².